The summed E-state index contributed by atoms with van der Waals surface area (Å²) in [4.78, 5) is 27.2. The zero-order chi connectivity index (χ0) is 44.5. The van der Waals surface area contributed by atoms with Crippen LogP contribution in [0.2, 0.25) is 0 Å². The molecule has 0 spiro atoms. The first-order valence-electron chi connectivity index (χ1n) is 17.2. The van der Waals surface area contributed by atoms with Gasteiger partial charge in [0, 0.05) is 29.1 Å². The van der Waals surface area contributed by atoms with Gasteiger partial charge in [-0.1, -0.05) is 0 Å². The van der Waals surface area contributed by atoms with Crippen LogP contribution in [0, 0.1) is 18.3 Å². The molecule has 0 amide bonds. The number of aromatic carboxylic acids is 2. The highest BCUT2D eigenvalue weighted by atomic mass is 32.2. The van der Waals surface area contributed by atoms with Gasteiger partial charge in [0.05, 0.1) is 39.7 Å². The van der Waals surface area contributed by atoms with Crippen LogP contribution in [0.5, 0.6) is 11.5 Å². The number of carboxylic acid groups (broad SMARTS) is 2. The quantitative estimate of drug-likeness (QED) is 0.0358. The summed E-state index contributed by atoms with van der Waals surface area (Å²) in [5.74, 6) is -3.09. The SMILES string of the molecule is Cc1c(C#N)c(Nc2ccc(S(=O)(=O)O)cc2)nc(Nc2ccc(S(=O)(=O)O)cc2)c1N=Nc1cc(OCCO)c(N=Nc2cc(C(=O)O)ccc2C(=O)O)cc1OCCO. The van der Waals surface area contributed by atoms with Crippen molar-refractivity contribution in [2.45, 2.75) is 16.7 Å². The van der Waals surface area contributed by atoms with Gasteiger partial charge in [0.25, 0.3) is 20.2 Å². The smallest absolute Gasteiger partial charge is 0.337 e. The number of azo groups is 2. The van der Waals surface area contributed by atoms with Crippen LogP contribution in [0.15, 0.2) is 109 Å². The van der Waals surface area contributed by atoms with Gasteiger partial charge in [-0.2, -0.15) is 22.1 Å². The van der Waals surface area contributed by atoms with Gasteiger partial charge < -0.3 is 40.5 Å². The van der Waals surface area contributed by atoms with Crippen molar-refractivity contribution in [3.63, 3.8) is 0 Å². The molecule has 0 aliphatic heterocycles. The summed E-state index contributed by atoms with van der Waals surface area (Å²) >= 11 is 0. The first-order chi connectivity index (χ1) is 28.9. The van der Waals surface area contributed by atoms with Crippen molar-refractivity contribution < 1.29 is 65.4 Å². The molecular formula is C37H32N8O14S2. The second-order valence-electron chi connectivity index (χ2n) is 12.2. The van der Waals surface area contributed by atoms with Crippen LogP contribution in [-0.2, 0) is 20.2 Å². The second-order valence-corrected chi connectivity index (χ2v) is 15.0. The minimum absolute atomic E-state index is 0.0584. The average Bonchev–Trinajstić information content (AvgIpc) is 3.21. The second kappa shape index (κ2) is 19.1. The third kappa shape index (κ3) is 11.2. The summed E-state index contributed by atoms with van der Waals surface area (Å²) in [5.41, 5.74) is -0.628. The molecule has 22 nitrogen and oxygen atoms in total. The van der Waals surface area contributed by atoms with E-state index in [1.54, 1.807) is 0 Å². The van der Waals surface area contributed by atoms with Crippen molar-refractivity contribution in [2.75, 3.05) is 37.1 Å². The summed E-state index contributed by atoms with van der Waals surface area (Å²) < 4.78 is 76.7. The molecule has 0 bridgehead atoms. The molecule has 4 aromatic carbocycles. The van der Waals surface area contributed by atoms with E-state index in [1.807, 2.05) is 6.07 Å². The zero-order valence-electron chi connectivity index (χ0n) is 31.3. The fraction of sp³-hybridized carbons (Fsp3) is 0.135. The molecule has 0 aliphatic rings. The highest BCUT2D eigenvalue weighted by Gasteiger charge is 2.21. The fourth-order valence-electron chi connectivity index (χ4n) is 5.20. The molecular weight excluding hydrogens is 845 g/mol. The maximum absolute atomic E-state index is 11.9. The molecule has 5 rings (SSSR count). The molecule has 24 heteroatoms. The van der Waals surface area contributed by atoms with E-state index in [1.165, 1.54) is 43.3 Å². The van der Waals surface area contributed by atoms with Crippen molar-refractivity contribution in [3.05, 3.63) is 101 Å². The highest BCUT2D eigenvalue weighted by molar-refractivity contribution is 7.86. The molecule has 8 N–H and O–H groups in total. The van der Waals surface area contributed by atoms with E-state index in [0.29, 0.717) is 0 Å². The first-order valence-corrected chi connectivity index (χ1v) is 20.0. The molecule has 61 heavy (non-hydrogen) atoms. The monoisotopic (exact) mass is 876 g/mol. The van der Waals surface area contributed by atoms with Crippen molar-refractivity contribution in [1.29, 1.82) is 5.26 Å². The molecule has 0 saturated heterocycles. The Balaban J connectivity index is 1.65. The van der Waals surface area contributed by atoms with Crippen LogP contribution >= 0.6 is 0 Å². The Morgan fingerprint density at radius 2 is 1.16 bits per heavy atom. The summed E-state index contributed by atoms with van der Waals surface area (Å²) in [6, 6.07) is 17.3. The lowest BCUT2D eigenvalue weighted by atomic mass is 10.1. The number of hydrogen-bond donors (Lipinski definition) is 8. The zero-order valence-corrected chi connectivity index (χ0v) is 32.9. The van der Waals surface area contributed by atoms with Crippen LogP contribution < -0.4 is 20.1 Å². The summed E-state index contributed by atoms with van der Waals surface area (Å²) in [5, 5.41) is 71.0. The van der Waals surface area contributed by atoms with Gasteiger partial charge in [-0.05, 0) is 73.7 Å². The number of nitriles is 1. The van der Waals surface area contributed by atoms with Crippen LogP contribution in [0.4, 0.5) is 45.8 Å². The normalized spacial score (nSPS) is 11.7. The number of anilines is 4. The summed E-state index contributed by atoms with van der Waals surface area (Å²) in [7, 11) is -9.06. The largest absolute Gasteiger partial charge is 0.489 e. The molecule has 0 saturated carbocycles. The van der Waals surface area contributed by atoms with Crippen LogP contribution in [0.25, 0.3) is 0 Å². The van der Waals surface area contributed by atoms with Gasteiger partial charge >= 0.3 is 11.9 Å². The maximum Gasteiger partial charge on any atom is 0.337 e. The number of ether oxygens (including phenoxy) is 2. The molecule has 0 unspecified atom stereocenters. The maximum atomic E-state index is 11.9. The third-order valence-electron chi connectivity index (χ3n) is 8.09. The first kappa shape index (κ1) is 44.7. The van der Waals surface area contributed by atoms with E-state index in [9.17, 15) is 61.2 Å². The van der Waals surface area contributed by atoms with Gasteiger partial charge in [-0.3, -0.25) is 9.11 Å². The number of nitrogens with one attached hydrogen (secondary N) is 2. The Bertz CT molecular complexity index is 2810. The summed E-state index contributed by atoms with van der Waals surface area (Å²) in [6.07, 6.45) is 0. The average molecular weight is 877 g/mol. The molecule has 1 heterocycles. The topological polar surface area (TPSA) is 352 Å². The van der Waals surface area contributed by atoms with Gasteiger partial charge in [0.15, 0.2) is 11.6 Å². The number of nitrogens with zero attached hydrogens (tertiary/aromatic N) is 6. The fourth-order valence-corrected chi connectivity index (χ4v) is 6.16. The lowest BCUT2D eigenvalue weighted by molar-refractivity contribution is 0.0682. The number of benzene rings is 4. The standard InChI is InChI=1S/C37H32N8O14S2/c1-20-27(19-38)34(39-22-3-7-24(8-4-22)60(52,53)54)41-35(40-23-5-9-25(10-6-23)61(55,56)57)33(20)45-44-30-18-31(58-14-12-46)29(17-32(30)59-15-13-47)43-42-28-16-21(36(48)49)2-11-26(28)37(50)51/h2-11,16-18,46-47H,12-15H2,1H3,(H,48,49)(H,50,51)(H2,39,40,41)(H,52,53,54)(H,55,56,57). The molecule has 0 aliphatic carbocycles. The predicted molar refractivity (Wildman–Crippen MR) is 213 cm³/mol. The van der Waals surface area contributed by atoms with Crippen molar-refractivity contribution in [3.8, 4) is 17.6 Å². The number of rotatable bonds is 18. The minimum atomic E-state index is -4.55. The van der Waals surface area contributed by atoms with Crippen LogP contribution in [0.1, 0.15) is 31.8 Å². The molecule has 316 valence electrons. The number of aliphatic hydroxyl groups is 2. The van der Waals surface area contributed by atoms with E-state index < -0.39 is 55.2 Å². The third-order valence-corrected chi connectivity index (χ3v) is 9.83. The Hall–Kier alpha value is -7.40. The van der Waals surface area contributed by atoms with E-state index in [4.69, 9.17) is 9.47 Å². The number of carbonyl (C=O) groups is 2. The van der Waals surface area contributed by atoms with Crippen molar-refractivity contribution in [1.82, 2.24) is 4.98 Å². The number of hydrogen-bond acceptors (Lipinski definition) is 18. The lowest BCUT2D eigenvalue weighted by Crippen LogP contribution is -2.05. The van der Waals surface area contributed by atoms with Gasteiger partial charge in [-0.25, -0.2) is 14.6 Å². The Morgan fingerprint density at radius 3 is 1.61 bits per heavy atom. The minimum Gasteiger partial charge on any atom is -0.489 e. The molecule has 1 aromatic heterocycles. The predicted octanol–water partition coefficient (Wildman–Crippen LogP) is 6.21. The molecule has 0 radical (unpaired) electrons. The number of aromatic nitrogens is 1. The van der Waals surface area contributed by atoms with Crippen molar-refractivity contribution in [2.24, 2.45) is 20.5 Å². The molecule has 5 aromatic rings. The molecule has 0 atom stereocenters. The number of carboxylic acids is 2. The van der Waals surface area contributed by atoms with E-state index >= 15 is 0 Å². The Labute approximate surface area is 345 Å². The van der Waals surface area contributed by atoms with Crippen LogP contribution in [-0.4, -0.2) is 89.7 Å². The number of pyridine rings is 1. The van der Waals surface area contributed by atoms with Crippen molar-refractivity contribution >= 4 is 77.9 Å². The van der Waals surface area contributed by atoms with E-state index in [0.717, 1.165) is 42.5 Å². The summed E-state index contributed by atoms with van der Waals surface area (Å²) in [6.45, 7) is 0.00789. The van der Waals surface area contributed by atoms with E-state index in [2.05, 4.69) is 36.1 Å². The number of aliphatic hydroxyl groups excluding tert-OH is 2. The van der Waals surface area contributed by atoms with E-state index in [-0.39, 0.29) is 92.7 Å². The highest BCUT2D eigenvalue weighted by Crippen LogP contribution is 2.43. The van der Waals surface area contributed by atoms with Gasteiger partial charge in [0.2, 0.25) is 0 Å². The van der Waals surface area contributed by atoms with Crippen LogP contribution in [0.3, 0.4) is 0 Å². The van der Waals surface area contributed by atoms with Gasteiger partial charge in [-0.15, -0.1) is 20.5 Å². The van der Waals surface area contributed by atoms with Gasteiger partial charge in [0.1, 0.15) is 53.5 Å². The Morgan fingerprint density at radius 1 is 0.689 bits per heavy atom. The Kier molecular flexibility index (Phi) is 14.0. The lowest BCUT2D eigenvalue weighted by Gasteiger charge is -2.16. The molecule has 0 fully saturated rings.